The van der Waals surface area contributed by atoms with Crippen molar-refractivity contribution in [2.75, 3.05) is 39.0 Å². The van der Waals surface area contributed by atoms with Gasteiger partial charge in [-0.25, -0.2) is 0 Å². The minimum Gasteiger partial charge on any atom is -0.489 e. The lowest BCUT2D eigenvalue weighted by atomic mass is 10.1. The first-order chi connectivity index (χ1) is 8.70. The smallest absolute Gasteiger partial charge is 0.119 e. The Labute approximate surface area is 108 Å². The number of piperazine rings is 1. The van der Waals surface area contributed by atoms with Crippen LogP contribution >= 0.6 is 0 Å². The van der Waals surface area contributed by atoms with Crippen LogP contribution in [0.2, 0.25) is 0 Å². The van der Waals surface area contributed by atoms with Gasteiger partial charge in [0.25, 0.3) is 0 Å². The molecule has 2 aliphatic heterocycles. The maximum absolute atomic E-state index is 6.04. The van der Waals surface area contributed by atoms with Crippen molar-refractivity contribution in [3.63, 3.8) is 0 Å². The van der Waals surface area contributed by atoms with E-state index in [2.05, 4.69) is 16.8 Å². The van der Waals surface area contributed by atoms with Gasteiger partial charge in [-0.2, -0.15) is 0 Å². The highest BCUT2D eigenvalue weighted by atomic mass is 16.5. The Bertz CT molecular complexity index is 406. The summed E-state index contributed by atoms with van der Waals surface area (Å²) in [5, 5.41) is 0. The van der Waals surface area contributed by atoms with Gasteiger partial charge in [0.05, 0.1) is 0 Å². The number of benzene rings is 1. The van der Waals surface area contributed by atoms with E-state index in [0.29, 0.717) is 12.1 Å². The molecule has 0 aromatic heterocycles. The molecule has 1 aromatic carbocycles. The number of nitrogens with zero attached hydrogens (tertiary/aromatic N) is 2. The molecule has 18 heavy (non-hydrogen) atoms. The van der Waals surface area contributed by atoms with Gasteiger partial charge in [0.1, 0.15) is 11.9 Å². The number of anilines is 1. The maximum Gasteiger partial charge on any atom is 0.119 e. The Kier molecular flexibility index (Phi) is 3.14. The summed E-state index contributed by atoms with van der Waals surface area (Å²) in [6.45, 7) is 4.57. The molecule has 4 nitrogen and oxygen atoms in total. The van der Waals surface area contributed by atoms with Crippen molar-refractivity contribution < 1.29 is 4.74 Å². The van der Waals surface area contributed by atoms with Crippen LogP contribution in [0.5, 0.6) is 5.75 Å². The Morgan fingerprint density at radius 1 is 1.17 bits per heavy atom. The third-order valence-electron chi connectivity index (χ3n) is 3.96. The summed E-state index contributed by atoms with van der Waals surface area (Å²) < 4.78 is 6.04. The van der Waals surface area contributed by atoms with Crippen LogP contribution in [0, 0.1) is 0 Å². The average molecular weight is 247 g/mol. The fourth-order valence-electron chi connectivity index (χ4n) is 2.98. The molecular formula is C14H21N3O. The van der Waals surface area contributed by atoms with Crippen LogP contribution in [0.1, 0.15) is 6.42 Å². The summed E-state index contributed by atoms with van der Waals surface area (Å²) in [5.74, 6) is 0.933. The molecule has 0 aliphatic carbocycles. The van der Waals surface area contributed by atoms with E-state index in [0.717, 1.165) is 24.4 Å². The fourth-order valence-corrected chi connectivity index (χ4v) is 2.98. The van der Waals surface area contributed by atoms with Crippen molar-refractivity contribution in [1.82, 2.24) is 9.80 Å². The third-order valence-corrected chi connectivity index (χ3v) is 3.96. The maximum atomic E-state index is 6.04. The second-order valence-corrected chi connectivity index (χ2v) is 5.46. The Hall–Kier alpha value is -1.26. The van der Waals surface area contributed by atoms with Gasteiger partial charge in [0.2, 0.25) is 0 Å². The van der Waals surface area contributed by atoms with Crippen LogP contribution in [0.25, 0.3) is 0 Å². The summed E-state index contributed by atoms with van der Waals surface area (Å²) in [6, 6.07) is 8.37. The molecule has 2 atom stereocenters. The van der Waals surface area contributed by atoms with Crippen molar-refractivity contribution in [2.45, 2.75) is 18.6 Å². The standard InChI is InChI=1S/C14H21N3O/c1-16-6-7-17-10-14(8-12(17)9-16)18-13-4-2-11(15)3-5-13/h2-5,12,14H,6-10,15H2,1H3/t12-,14+/m0/s1. The highest BCUT2D eigenvalue weighted by Gasteiger charge is 2.36. The van der Waals surface area contributed by atoms with E-state index >= 15 is 0 Å². The summed E-state index contributed by atoms with van der Waals surface area (Å²) >= 11 is 0. The predicted octanol–water partition coefficient (Wildman–Crippen LogP) is 1.04. The Morgan fingerprint density at radius 3 is 2.72 bits per heavy atom. The van der Waals surface area contributed by atoms with Crippen molar-refractivity contribution in [1.29, 1.82) is 0 Å². The van der Waals surface area contributed by atoms with Crippen LogP contribution in [0.15, 0.2) is 24.3 Å². The molecule has 0 bridgehead atoms. The van der Waals surface area contributed by atoms with E-state index in [1.54, 1.807) is 0 Å². The first-order valence-electron chi connectivity index (χ1n) is 6.65. The molecule has 0 saturated carbocycles. The highest BCUT2D eigenvalue weighted by molar-refractivity contribution is 5.41. The highest BCUT2D eigenvalue weighted by Crippen LogP contribution is 2.25. The molecule has 1 aromatic rings. The molecule has 0 radical (unpaired) electrons. The van der Waals surface area contributed by atoms with Gasteiger partial charge in [-0.1, -0.05) is 0 Å². The van der Waals surface area contributed by atoms with E-state index in [-0.39, 0.29) is 0 Å². The molecule has 2 fully saturated rings. The molecule has 0 amide bonds. The molecule has 2 heterocycles. The number of rotatable bonds is 2. The van der Waals surface area contributed by atoms with Gasteiger partial charge >= 0.3 is 0 Å². The molecule has 2 saturated heterocycles. The number of likely N-dealkylation sites (N-methyl/N-ethyl adjacent to an activating group) is 1. The van der Waals surface area contributed by atoms with Crippen LogP contribution in [-0.4, -0.2) is 55.2 Å². The zero-order valence-corrected chi connectivity index (χ0v) is 10.9. The van der Waals surface area contributed by atoms with Crippen LogP contribution in [-0.2, 0) is 0 Å². The lowest BCUT2D eigenvalue weighted by Gasteiger charge is -2.34. The molecule has 2 N–H and O–H groups in total. The van der Waals surface area contributed by atoms with Crippen molar-refractivity contribution >= 4 is 5.69 Å². The van der Waals surface area contributed by atoms with Gasteiger partial charge in [-0.05, 0) is 31.3 Å². The van der Waals surface area contributed by atoms with Gasteiger partial charge < -0.3 is 15.4 Å². The topological polar surface area (TPSA) is 41.7 Å². The summed E-state index contributed by atoms with van der Waals surface area (Å²) in [5.41, 5.74) is 6.46. The van der Waals surface area contributed by atoms with Gasteiger partial charge in [-0.15, -0.1) is 0 Å². The second-order valence-electron chi connectivity index (χ2n) is 5.46. The summed E-state index contributed by atoms with van der Waals surface area (Å²) in [4.78, 5) is 4.97. The average Bonchev–Trinajstić information content (AvgIpc) is 2.73. The lowest BCUT2D eigenvalue weighted by Crippen LogP contribution is -2.48. The zero-order valence-electron chi connectivity index (χ0n) is 10.9. The second kappa shape index (κ2) is 4.78. The molecule has 4 heteroatoms. The fraction of sp³-hybridized carbons (Fsp3) is 0.571. The van der Waals surface area contributed by atoms with E-state index in [1.165, 1.54) is 19.6 Å². The van der Waals surface area contributed by atoms with Gasteiger partial charge in [0.15, 0.2) is 0 Å². The van der Waals surface area contributed by atoms with Crippen LogP contribution in [0.4, 0.5) is 5.69 Å². The molecule has 2 aliphatic rings. The number of hydrogen-bond acceptors (Lipinski definition) is 4. The Balaban J connectivity index is 1.60. The monoisotopic (exact) mass is 247 g/mol. The number of ether oxygens (including phenoxy) is 1. The SMILES string of the molecule is CN1CCN2C[C@H](Oc3ccc(N)cc3)C[C@H]2C1. The Morgan fingerprint density at radius 2 is 1.94 bits per heavy atom. The van der Waals surface area contributed by atoms with E-state index in [9.17, 15) is 0 Å². The first-order valence-corrected chi connectivity index (χ1v) is 6.65. The van der Waals surface area contributed by atoms with Crippen molar-refractivity contribution in [3.8, 4) is 5.75 Å². The number of nitrogens with two attached hydrogens (primary N) is 1. The third kappa shape index (κ3) is 2.44. The van der Waals surface area contributed by atoms with Crippen LogP contribution in [0.3, 0.4) is 0 Å². The number of hydrogen-bond donors (Lipinski definition) is 1. The summed E-state index contributed by atoms with van der Waals surface area (Å²) in [6.07, 6.45) is 1.46. The van der Waals surface area contributed by atoms with Gasteiger partial charge in [-0.3, -0.25) is 4.90 Å². The first kappa shape index (κ1) is 11.8. The quantitative estimate of drug-likeness (QED) is 0.793. The molecule has 3 rings (SSSR count). The van der Waals surface area contributed by atoms with Crippen LogP contribution < -0.4 is 10.5 Å². The predicted molar refractivity (Wildman–Crippen MR) is 72.7 cm³/mol. The molecular weight excluding hydrogens is 226 g/mol. The normalized spacial score (nSPS) is 29.2. The summed E-state index contributed by atoms with van der Waals surface area (Å²) in [7, 11) is 2.20. The van der Waals surface area contributed by atoms with Gasteiger partial charge in [0, 0.05) is 44.3 Å². The van der Waals surface area contributed by atoms with Crippen molar-refractivity contribution in [3.05, 3.63) is 24.3 Å². The lowest BCUT2D eigenvalue weighted by molar-refractivity contribution is 0.122. The minimum atomic E-state index is 0.324. The number of nitrogen functional groups attached to an aromatic ring is 1. The molecule has 0 spiro atoms. The van der Waals surface area contributed by atoms with E-state index < -0.39 is 0 Å². The zero-order chi connectivity index (χ0) is 12.5. The largest absolute Gasteiger partial charge is 0.489 e. The van der Waals surface area contributed by atoms with E-state index in [1.807, 2.05) is 24.3 Å². The number of fused-ring (bicyclic) bond motifs is 1. The minimum absolute atomic E-state index is 0.324. The van der Waals surface area contributed by atoms with E-state index in [4.69, 9.17) is 10.5 Å². The molecule has 0 unspecified atom stereocenters. The molecule has 98 valence electrons. The van der Waals surface area contributed by atoms with Crippen molar-refractivity contribution in [2.24, 2.45) is 0 Å².